The number of aliphatic imine (C=N–C) groups is 1. The fourth-order valence-corrected chi connectivity index (χ4v) is 4.26. The number of rotatable bonds is 6. The highest BCUT2D eigenvalue weighted by Gasteiger charge is 2.09. The van der Waals surface area contributed by atoms with Crippen molar-refractivity contribution in [3.8, 4) is 11.3 Å². The van der Waals surface area contributed by atoms with E-state index in [2.05, 4.69) is 108 Å². The Morgan fingerprint density at radius 3 is 2.53 bits per heavy atom. The van der Waals surface area contributed by atoms with Crippen molar-refractivity contribution in [2.24, 2.45) is 4.99 Å². The Morgan fingerprint density at radius 2 is 1.72 bits per heavy atom. The third-order valence-electron chi connectivity index (χ3n) is 5.87. The number of aromatic amines is 1. The van der Waals surface area contributed by atoms with E-state index in [-0.39, 0.29) is 0 Å². The van der Waals surface area contributed by atoms with E-state index in [0.717, 1.165) is 29.6 Å². The van der Waals surface area contributed by atoms with Gasteiger partial charge in [-0.25, -0.2) is 0 Å². The molecule has 0 radical (unpaired) electrons. The summed E-state index contributed by atoms with van der Waals surface area (Å²) < 4.78 is 2.30. The van der Waals surface area contributed by atoms with Gasteiger partial charge in [0.25, 0.3) is 0 Å². The summed E-state index contributed by atoms with van der Waals surface area (Å²) in [6, 6.07) is 25.7. The van der Waals surface area contributed by atoms with Gasteiger partial charge >= 0.3 is 0 Å². The molecule has 0 aliphatic carbocycles. The molecule has 0 aliphatic rings. The van der Waals surface area contributed by atoms with E-state index in [1.807, 2.05) is 12.4 Å². The second-order valence-electron chi connectivity index (χ2n) is 8.27. The van der Waals surface area contributed by atoms with Crippen molar-refractivity contribution < 1.29 is 0 Å². The minimum atomic E-state index is 0.787. The smallest absolute Gasteiger partial charge is 0.0684 e. The number of aromatic nitrogens is 3. The Labute approximate surface area is 188 Å². The summed E-state index contributed by atoms with van der Waals surface area (Å²) in [6.07, 6.45) is 6.79. The van der Waals surface area contributed by atoms with Crippen LogP contribution in [0.15, 0.2) is 90.2 Å². The van der Waals surface area contributed by atoms with Gasteiger partial charge in [-0.1, -0.05) is 42.5 Å². The number of H-pyrrole nitrogens is 1. The predicted octanol–water partition coefficient (Wildman–Crippen LogP) is 6.64. The highest BCUT2D eigenvalue weighted by atomic mass is 15.1. The van der Waals surface area contributed by atoms with Crippen LogP contribution in [0.25, 0.3) is 22.2 Å². The zero-order valence-corrected chi connectivity index (χ0v) is 18.4. The van der Waals surface area contributed by atoms with Crippen LogP contribution >= 0.6 is 0 Å². The van der Waals surface area contributed by atoms with Gasteiger partial charge < -0.3 is 4.57 Å². The molecular weight excluding hydrogens is 392 g/mol. The maximum Gasteiger partial charge on any atom is 0.0684 e. The summed E-state index contributed by atoms with van der Waals surface area (Å²) in [4.78, 5) is 4.82. The second-order valence-corrected chi connectivity index (χ2v) is 8.27. The van der Waals surface area contributed by atoms with Gasteiger partial charge in [-0.15, -0.1) is 0 Å². The third kappa shape index (κ3) is 4.12. The molecule has 5 rings (SSSR count). The van der Waals surface area contributed by atoms with Crippen molar-refractivity contribution in [2.75, 3.05) is 0 Å². The SMILES string of the molecule is Cc1cc(-c2cccn2Cc2ccccc2)cc(C)c1/N=C\Cc1ccc2cn[nH]c2c1. The molecule has 4 heteroatoms. The zero-order valence-electron chi connectivity index (χ0n) is 18.4. The van der Waals surface area contributed by atoms with Crippen LogP contribution < -0.4 is 0 Å². The first-order chi connectivity index (χ1) is 15.7. The van der Waals surface area contributed by atoms with Crippen molar-refractivity contribution in [3.05, 3.63) is 107 Å². The average molecular weight is 419 g/mol. The van der Waals surface area contributed by atoms with Crippen LogP contribution in [0.5, 0.6) is 0 Å². The van der Waals surface area contributed by atoms with E-state index in [0.29, 0.717) is 0 Å². The van der Waals surface area contributed by atoms with Gasteiger partial charge in [0.2, 0.25) is 0 Å². The molecule has 0 unspecified atom stereocenters. The molecule has 0 aliphatic heterocycles. The molecular formula is C28H26N4. The molecule has 0 saturated carbocycles. The van der Waals surface area contributed by atoms with Gasteiger partial charge in [0.05, 0.1) is 17.4 Å². The van der Waals surface area contributed by atoms with E-state index in [4.69, 9.17) is 4.99 Å². The number of hydrogen-bond donors (Lipinski definition) is 1. The lowest BCUT2D eigenvalue weighted by Gasteiger charge is -2.13. The van der Waals surface area contributed by atoms with Gasteiger partial charge in [-0.2, -0.15) is 5.10 Å². The van der Waals surface area contributed by atoms with Crippen molar-refractivity contribution in [1.29, 1.82) is 0 Å². The third-order valence-corrected chi connectivity index (χ3v) is 5.87. The molecule has 0 amide bonds. The van der Waals surface area contributed by atoms with Crippen LogP contribution in [-0.4, -0.2) is 21.0 Å². The van der Waals surface area contributed by atoms with E-state index >= 15 is 0 Å². The van der Waals surface area contributed by atoms with Crippen LogP contribution in [0.2, 0.25) is 0 Å². The molecule has 0 saturated heterocycles. The van der Waals surface area contributed by atoms with Crippen LogP contribution in [0.3, 0.4) is 0 Å². The summed E-state index contributed by atoms with van der Waals surface area (Å²) in [5, 5.41) is 8.25. The Balaban J connectivity index is 1.37. The quantitative estimate of drug-likeness (QED) is 0.309. The largest absolute Gasteiger partial charge is 0.343 e. The fraction of sp³-hybridized carbons (Fsp3) is 0.143. The van der Waals surface area contributed by atoms with Crippen LogP contribution in [0.4, 0.5) is 5.69 Å². The zero-order chi connectivity index (χ0) is 21.9. The van der Waals surface area contributed by atoms with Gasteiger partial charge in [0.15, 0.2) is 0 Å². The number of benzene rings is 3. The summed E-state index contributed by atoms with van der Waals surface area (Å²) >= 11 is 0. The summed E-state index contributed by atoms with van der Waals surface area (Å²) in [5.74, 6) is 0. The predicted molar refractivity (Wildman–Crippen MR) is 133 cm³/mol. The molecule has 3 aromatic carbocycles. The first-order valence-electron chi connectivity index (χ1n) is 10.9. The summed E-state index contributed by atoms with van der Waals surface area (Å²) in [5.41, 5.74) is 9.46. The Bertz CT molecular complexity index is 1370. The number of hydrogen-bond acceptors (Lipinski definition) is 2. The first-order valence-corrected chi connectivity index (χ1v) is 10.9. The molecule has 2 heterocycles. The molecule has 2 aromatic heterocycles. The molecule has 0 fully saturated rings. The van der Waals surface area contributed by atoms with Crippen LogP contribution in [-0.2, 0) is 13.0 Å². The van der Waals surface area contributed by atoms with Crippen molar-refractivity contribution in [1.82, 2.24) is 14.8 Å². The van der Waals surface area contributed by atoms with Gasteiger partial charge in [-0.05, 0) is 72.0 Å². The van der Waals surface area contributed by atoms with E-state index in [1.54, 1.807) is 0 Å². The van der Waals surface area contributed by atoms with E-state index in [1.165, 1.54) is 33.5 Å². The molecule has 32 heavy (non-hydrogen) atoms. The summed E-state index contributed by atoms with van der Waals surface area (Å²) in [7, 11) is 0. The Morgan fingerprint density at radius 1 is 0.906 bits per heavy atom. The van der Waals surface area contributed by atoms with Crippen LogP contribution in [0.1, 0.15) is 22.3 Å². The molecule has 0 bridgehead atoms. The highest BCUT2D eigenvalue weighted by Crippen LogP contribution is 2.31. The first kappa shape index (κ1) is 20.0. The maximum atomic E-state index is 4.82. The Hall–Kier alpha value is -3.92. The second kappa shape index (κ2) is 8.67. The number of aryl methyl sites for hydroxylation is 2. The number of nitrogens with one attached hydrogen (secondary N) is 1. The lowest BCUT2D eigenvalue weighted by atomic mass is 10.0. The topological polar surface area (TPSA) is 46.0 Å². The molecule has 1 N–H and O–H groups in total. The van der Waals surface area contributed by atoms with Gasteiger partial charge in [0, 0.05) is 36.5 Å². The lowest BCUT2D eigenvalue weighted by Crippen LogP contribution is -2.00. The molecule has 0 spiro atoms. The highest BCUT2D eigenvalue weighted by molar-refractivity contribution is 5.80. The minimum absolute atomic E-state index is 0.787. The maximum absolute atomic E-state index is 4.82. The molecule has 158 valence electrons. The van der Waals surface area contributed by atoms with Crippen molar-refractivity contribution >= 4 is 22.8 Å². The van der Waals surface area contributed by atoms with E-state index in [9.17, 15) is 0 Å². The van der Waals surface area contributed by atoms with Gasteiger partial charge in [0.1, 0.15) is 0 Å². The van der Waals surface area contributed by atoms with Crippen molar-refractivity contribution in [3.63, 3.8) is 0 Å². The minimum Gasteiger partial charge on any atom is -0.343 e. The monoisotopic (exact) mass is 418 g/mol. The normalized spacial score (nSPS) is 11.6. The fourth-order valence-electron chi connectivity index (χ4n) is 4.26. The standard InChI is InChI=1S/C28H26N4/c1-20-15-25(27-9-6-14-32(27)19-23-7-4-3-5-8-23)16-21(2)28(20)29-13-12-22-10-11-24-18-30-31-26(24)17-22/h3-11,13-18H,12,19H2,1-2H3,(H,30,31)/b29-13-. The number of nitrogens with zero attached hydrogens (tertiary/aromatic N) is 3. The summed E-state index contributed by atoms with van der Waals surface area (Å²) in [6.45, 7) is 5.15. The molecule has 0 atom stereocenters. The van der Waals surface area contributed by atoms with Crippen LogP contribution in [0, 0.1) is 13.8 Å². The van der Waals surface area contributed by atoms with Crippen molar-refractivity contribution in [2.45, 2.75) is 26.8 Å². The molecule has 5 aromatic rings. The number of fused-ring (bicyclic) bond motifs is 1. The molecule has 4 nitrogen and oxygen atoms in total. The van der Waals surface area contributed by atoms with Gasteiger partial charge in [-0.3, -0.25) is 10.1 Å². The lowest BCUT2D eigenvalue weighted by molar-refractivity contribution is 0.814. The Kier molecular flexibility index (Phi) is 5.42. The van der Waals surface area contributed by atoms with E-state index < -0.39 is 0 Å². The average Bonchev–Trinajstić information content (AvgIpc) is 3.45.